The molecule has 0 bridgehead atoms. The molecule has 0 aliphatic rings. The van der Waals surface area contributed by atoms with Gasteiger partial charge in [0.1, 0.15) is 0 Å². The molecule has 5 N–H and O–H groups in total. The molecule has 0 saturated heterocycles. The number of hydrogen-bond acceptors (Lipinski definition) is 4. The van der Waals surface area contributed by atoms with E-state index in [9.17, 15) is 14.4 Å². The standard InChI is InChI=1S/C18H20N4O3/c1-11-6-7-15(16(8-11)21-17(24)10-19)22-18(25)13-4-3-5-14(9-13)20-12(2)23/h3-9H,10,19H2,1-2H3,(H,20,23)(H,21,24)(H,22,25). The molecule has 0 atom stereocenters. The number of amides is 3. The predicted octanol–water partition coefficient (Wildman–Crippen LogP) is 2.10. The summed E-state index contributed by atoms with van der Waals surface area (Å²) in [4.78, 5) is 35.2. The maximum absolute atomic E-state index is 12.5. The van der Waals surface area contributed by atoms with Crippen LogP contribution in [0.4, 0.5) is 17.1 Å². The molecular formula is C18H20N4O3. The fourth-order valence-corrected chi connectivity index (χ4v) is 2.21. The maximum atomic E-state index is 12.5. The van der Waals surface area contributed by atoms with Gasteiger partial charge >= 0.3 is 0 Å². The molecule has 0 radical (unpaired) electrons. The van der Waals surface area contributed by atoms with Crippen LogP contribution in [0.5, 0.6) is 0 Å². The van der Waals surface area contributed by atoms with Gasteiger partial charge in [0.15, 0.2) is 0 Å². The van der Waals surface area contributed by atoms with Crippen LogP contribution in [0.25, 0.3) is 0 Å². The molecule has 25 heavy (non-hydrogen) atoms. The normalized spacial score (nSPS) is 10.0. The van der Waals surface area contributed by atoms with Crippen molar-refractivity contribution in [2.24, 2.45) is 5.73 Å². The van der Waals surface area contributed by atoms with Crippen molar-refractivity contribution < 1.29 is 14.4 Å². The molecule has 2 rings (SSSR count). The van der Waals surface area contributed by atoms with Crippen LogP contribution >= 0.6 is 0 Å². The molecule has 0 heterocycles. The second-order valence-corrected chi connectivity index (χ2v) is 5.52. The summed E-state index contributed by atoms with van der Waals surface area (Å²) in [5.74, 6) is -0.934. The van der Waals surface area contributed by atoms with E-state index in [4.69, 9.17) is 5.73 Å². The Kier molecular flexibility index (Phi) is 5.86. The minimum absolute atomic E-state index is 0.153. The molecule has 2 aromatic carbocycles. The van der Waals surface area contributed by atoms with Gasteiger partial charge in [-0.15, -0.1) is 0 Å². The summed E-state index contributed by atoms with van der Waals surface area (Å²) in [7, 11) is 0. The average molecular weight is 340 g/mol. The molecule has 0 saturated carbocycles. The summed E-state index contributed by atoms with van der Waals surface area (Å²) in [5.41, 5.74) is 8.09. The number of hydrogen-bond donors (Lipinski definition) is 4. The molecular weight excluding hydrogens is 320 g/mol. The number of carbonyl (C=O) groups excluding carboxylic acids is 3. The van der Waals surface area contributed by atoms with E-state index in [2.05, 4.69) is 16.0 Å². The lowest BCUT2D eigenvalue weighted by atomic mass is 10.1. The van der Waals surface area contributed by atoms with Crippen molar-refractivity contribution in [2.45, 2.75) is 13.8 Å². The number of anilines is 3. The average Bonchev–Trinajstić information content (AvgIpc) is 2.56. The molecule has 0 spiro atoms. The van der Waals surface area contributed by atoms with Crippen molar-refractivity contribution in [3.05, 3.63) is 53.6 Å². The minimum Gasteiger partial charge on any atom is -0.326 e. The van der Waals surface area contributed by atoms with Gasteiger partial charge in [-0.2, -0.15) is 0 Å². The highest BCUT2D eigenvalue weighted by Gasteiger charge is 2.12. The van der Waals surface area contributed by atoms with Crippen LogP contribution in [0, 0.1) is 6.92 Å². The number of aryl methyl sites for hydroxylation is 1. The first-order chi connectivity index (χ1) is 11.9. The summed E-state index contributed by atoms with van der Waals surface area (Å²) >= 11 is 0. The lowest BCUT2D eigenvalue weighted by Gasteiger charge is -2.13. The summed E-state index contributed by atoms with van der Waals surface area (Å²) in [6, 6.07) is 11.8. The summed E-state index contributed by atoms with van der Waals surface area (Å²) in [6.45, 7) is 3.12. The van der Waals surface area contributed by atoms with E-state index in [1.165, 1.54) is 6.92 Å². The van der Waals surface area contributed by atoms with E-state index in [1.54, 1.807) is 36.4 Å². The number of nitrogens with one attached hydrogen (secondary N) is 3. The number of rotatable bonds is 5. The van der Waals surface area contributed by atoms with E-state index in [-0.39, 0.29) is 24.3 Å². The van der Waals surface area contributed by atoms with Gasteiger partial charge in [-0.05, 0) is 42.8 Å². The van der Waals surface area contributed by atoms with Crippen molar-refractivity contribution in [1.82, 2.24) is 0 Å². The Hall–Kier alpha value is -3.19. The quantitative estimate of drug-likeness (QED) is 0.667. The van der Waals surface area contributed by atoms with Crippen molar-refractivity contribution in [3.63, 3.8) is 0 Å². The third kappa shape index (κ3) is 5.15. The van der Waals surface area contributed by atoms with Crippen molar-refractivity contribution in [1.29, 1.82) is 0 Å². The van der Waals surface area contributed by atoms with Crippen LogP contribution in [0.15, 0.2) is 42.5 Å². The fraction of sp³-hybridized carbons (Fsp3) is 0.167. The highest BCUT2D eigenvalue weighted by Crippen LogP contribution is 2.24. The van der Waals surface area contributed by atoms with Gasteiger partial charge in [0.2, 0.25) is 11.8 Å². The van der Waals surface area contributed by atoms with Gasteiger partial charge in [-0.1, -0.05) is 12.1 Å². The Balaban J connectivity index is 2.23. The minimum atomic E-state index is -0.362. The zero-order chi connectivity index (χ0) is 18.4. The van der Waals surface area contributed by atoms with Crippen molar-refractivity contribution in [2.75, 3.05) is 22.5 Å². The smallest absolute Gasteiger partial charge is 0.255 e. The zero-order valence-electron chi connectivity index (χ0n) is 14.1. The number of carbonyl (C=O) groups is 3. The first-order valence-corrected chi connectivity index (χ1v) is 7.68. The van der Waals surface area contributed by atoms with E-state index >= 15 is 0 Å². The molecule has 3 amide bonds. The lowest BCUT2D eigenvalue weighted by molar-refractivity contribution is -0.115. The summed E-state index contributed by atoms with van der Waals surface area (Å²) in [6.07, 6.45) is 0. The van der Waals surface area contributed by atoms with Gasteiger partial charge in [-0.3, -0.25) is 14.4 Å². The maximum Gasteiger partial charge on any atom is 0.255 e. The second-order valence-electron chi connectivity index (χ2n) is 5.52. The molecule has 0 aromatic heterocycles. The van der Waals surface area contributed by atoms with Crippen LogP contribution in [-0.4, -0.2) is 24.3 Å². The van der Waals surface area contributed by atoms with Gasteiger partial charge in [0.25, 0.3) is 5.91 Å². The third-order valence-electron chi connectivity index (χ3n) is 3.33. The zero-order valence-corrected chi connectivity index (χ0v) is 14.1. The van der Waals surface area contributed by atoms with Crippen LogP contribution in [0.1, 0.15) is 22.8 Å². The topological polar surface area (TPSA) is 113 Å². The Morgan fingerprint density at radius 3 is 2.40 bits per heavy atom. The fourth-order valence-electron chi connectivity index (χ4n) is 2.21. The van der Waals surface area contributed by atoms with E-state index in [0.29, 0.717) is 22.6 Å². The number of benzene rings is 2. The second kappa shape index (κ2) is 8.07. The highest BCUT2D eigenvalue weighted by atomic mass is 16.2. The third-order valence-corrected chi connectivity index (χ3v) is 3.33. The van der Waals surface area contributed by atoms with Crippen molar-refractivity contribution in [3.8, 4) is 0 Å². The van der Waals surface area contributed by atoms with Gasteiger partial charge in [0, 0.05) is 18.2 Å². The van der Waals surface area contributed by atoms with Gasteiger partial charge in [-0.25, -0.2) is 0 Å². The van der Waals surface area contributed by atoms with Crippen LogP contribution in [0.3, 0.4) is 0 Å². The molecule has 130 valence electrons. The molecule has 0 aliphatic heterocycles. The molecule has 0 aliphatic carbocycles. The first kappa shape index (κ1) is 18.2. The van der Waals surface area contributed by atoms with Crippen LogP contribution in [0.2, 0.25) is 0 Å². The summed E-state index contributed by atoms with van der Waals surface area (Å²) < 4.78 is 0. The Morgan fingerprint density at radius 1 is 0.960 bits per heavy atom. The molecule has 2 aromatic rings. The predicted molar refractivity (Wildman–Crippen MR) is 97.6 cm³/mol. The molecule has 7 nitrogen and oxygen atoms in total. The Morgan fingerprint density at radius 2 is 1.72 bits per heavy atom. The monoisotopic (exact) mass is 340 g/mol. The van der Waals surface area contributed by atoms with E-state index in [0.717, 1.165) is 5.56 Å². The number of nitrogens with two attached hydrogens (primary N) is 1. The van der Waals surface area contributed by atoms with Crippen LogP contribution in [-0.2, 0) is 9.59 Å². The van der Waals surface area contributed by atoms with Crippen molar-refractivity contribution >= 4 is 34.8 Å². The van der Waals surface area contributed by atoms with Gasteiger partial charge < -0.3 is 21.7 Å². The Bertz CT molecular complexity index is 818. The highest BCUT2D eigenvalue weighted by molar-refractivity contribution is 6.08. The molecule has 0 fully saturated rings. The summed E-state index contributed by atoms with van der Waals surface area (Å²) in [5, 5.41) is 8.04. The Labute approximate surface area is 145 Å². The largest absolute Gasteiger partial charge is 0.326 e. The molecule has 0 unspecified atom stereocenters. The lowest BCUT2D eigenvalue weighted by Crippen LogP contribution is -2.23. The SMILES string of the molecule is CC(=O)Nc1cccc(C(=O)Nc2ccc(C)cc2NC(=O)CN)c1. The molecule has 7 heteroatoms. The van der Waals surface area contributed by atoms with E-state index in [1.807, 2.05) is 13.0 Å². The first-order valence-electron chi connectivity index (χ1n) is 7.68. The van der Waals surface area contributed by atoms with Crippen LogP contribution < -0.4 is 21.7 Å². The van der Waals surface area contributed by atoms with E-state index < -0.39 is 0 Å². The van der Waals surface area contributed by atoms with Gasteiger partial charge in [0.05, 0.1) is 17.9 Å².